The molecule has 0 fully saturated rings. The second-order valence-electron chi connectivity index (χ2n) is 6.49. The number of benzene rings is 1. The number of aryl methyl sites for hydroxylation is 1. The average Bonchev–Trinajstić information content (AvgIpc) is 3.00. The summed E-state index contributed by atoms with van der Waals surface area (Å²) in [5.74, 6) is 1.28. The highest BCUT2D eigenvalue weighted by atomic mass is 16.5. The smallest absolute Gasteiger partial charge is 0.339 e. The van der Waals surface area contributed by atoms with Gasteiger partial charge < -0.3 is 13.9 Å². The van der Waals surface area contributed by atoms with E-state index in [9.17, 15) is 4.79 Å². The molecule has 24 heavy (non-hydrogen) atoms. The van der Waals surface area contributed by atoms with E-state index in [1.807, 2.05) is 19.9 Å². The van der Waals surface area contributed by atoms with E-state index in [0.29, 0.717) is 30.3 Å². The molecule has 3 rings (SSSR count). The first-order valence-corrected chi connectivity index (χ1v) is 8.12. The van der Waals surface area contributed by atoms with Crippen LogP contribution in [-0.2, 0) is 12.8 Å². The Morgan fingerprint density at radius 2 is 1.75 bits per heavy atom. The van der Waals surface area contributed by atoms with Gasteiger partial charge in [0.05, 0.1) is 5.39 Å². The number of rotatable bonds is 6. The van der Waals surface area contributed by atoms with Gasteiger partial charge in [-0.2, -0.15) is 0 Å². The third-order valence-electron chi connectivity index (χ3n) is 3.97. The molecule has 0 N–H and O–H groups in total. The molecule has 0 amide bonds. The molecule has 0 saturated carbocycles. The van der Waals surface area contributed by atoms with Crippen LogP contribution in [0.1, 0.15) is 31.4 Å². The molecule has 1 aliphatic carbocycles. The summed E-state index contributed by atoms with van der Waals surface area (Å²) >= 11 is 0. The molecule has 0 spiro atoms. The zero-order valence-electron chi connectivity index (χ0n) is 14.2. The van der Waals surface area contributed by atoms with E-state index in [2.05, 4.69) is 13.2 Å². The van der Waals surface area contributed by atoms with Gasteiger partial charge in [0.1, 0.15) is 30.3 Å². The van der Waals surface area contributed by atoms with Crippen LogP contribution in [0.25, 0.3) is 11.0 Å². The van der Waals surface area contributed by atoms with E-state index in [-0.39, 0.29) is 5.63 Å². The number of ether oxygens (including phenoxy) is 2. The Morgan fingerprint density at radius 3 is 2.46 bits per heavy atom. The molecule has 0 unspecified atom stereocenters. The van der Waals surface area contributed by atoms with Crippen LogP contribution < -0.4 is 15.1 Å². The molecule has 0 aliphatic heterocycles. The van der Waals surface area contributed by atoms with Crippen molar-refractivity contribution in [1.82, 2.24) is 0 Å². The fourth-order valence-electron chi connectivity index (χ4n) is 2.95. The summed E-state index contributed by atoms with van der Waals surface area (Å²) in [7, 11) is 0. The molecule has 1 aliphatic rings. The van der Waals surface area contributed by atoms with Crippen LogP contribution >= 0.6 is 0 Å². The van der Waals surface area contributed by atoms with Gasteiger partial charge >= 0.3 is 5.63 Å². The molecule has 0 bridgehead atoms. The maximum Gasteiger partial charge on any atom is 0.339 e. The number of hydrogen-bond donors (Lipinski definition) is 0. The summed E-state index contributed by atoms with van der Waals surface area (Å²) in [6.07, 6.45) is 2.60. The second kappa shape index (κ2) is 6.56. The van der Waals surface area contributed by atoms with E-state index in [1.54, 1.807) is 6.07 Å². The van der Waals surface area contributed by atoms with Gasteiger partial charge in [-0.3, -0.25) is 0 Å². The average molecular weight is 326 g/mol. The zero-order chi connectivity index (χ0) is 17.3. The van der Waals surface area contributed by atoms with Crippen molar-refractivity contribution in [2.45, 2.75) is 33.1 Å². The van der Waals surface area contributed by atoms with Crippen molar-refractivity contribution in [2.75, 3.05) is 13.2 Å². The highest BCUT2D eigenvalue weighted by Gasteiger charge is 2.23. The SMILES string of the molecule is C=C(C)COc1cc(OCC(=C)C)c2c3c(c(=O)oc2c1)CCC3. The van der Waals surface area contributed by atoms with Crippen LogP contribution in [0, 0.1) is 0 Å². The molecule has 0 atom stereocenters. The van der Waals surface area contributed by atoms with Crippen molar-refractivity contribution in [1.29, 1.82) is 0 Å². The molecule has 1 heterocycles. The lowest BCUT2D eigenvalue weighted by molar-refractivity contribution is 0.336. The Balaban J connectivity index is 2.14. The van der Waals surface area contributed by atoms with Crippen LogP contribution in [0.5, 0.6) is 11.5 Å². The van der Waals surface area contributed by atoms with Gasteiger partial charge in [0.2, 0.25) is 0 Å². The fraction of sp³-hybridized carbons (Fsp3) is 0.350. The minimum Gasteiger partial charge on any atom is -0.489 e. The van der Waals surface area contributed by atoms with Gasteiger partial charge in [-0.05, 0) is 49.8 Å². The highest BCUT2D eigenvalue weighted by molar-refractivity contribution is 5.89. The lowest BCUT2D eigenvalue weighted by atomic mass is 10.1. The first-order valence-electron chi connectivity index (χ1n) is 8.12. The predicted molar refractivity (Wildman–Crippen MR) is 95.1 cm³/mol. The Kier molecular flexibility index (Phi) is 4.47. The molecule has 126 valence electrons. The summed E-state index contributed by atoms with van der Waals surface area (Å²) in [4.78, 5) is 12.2. The first kappa shape index (κ1) is 16.4. The van der Waals surface area contributed by atoms with E-state index in [0.717, 1.165) is 46.9 Å². The molecular weight excluding hydrogens is 304 g/mol. The van der Waals surface area contributed by atoms with Gasteiger partial charge in [-0.1, -0.05) is 13.2 Å². The fourth-order valence-corrected chi connectivity index (χ4v) is 2.95. The van der Waals surface area contributed by atoms with Crippen molar-refractivity contribution < 1.29 is 13.9 Å². The quantitative estimate of drug-likeness (QED) is 0.590. The van der Waals surface area contributed by atoms with Gasteiger partial charge in [-0.15, -0.1) is 0 Å². The maximum atomic E-state index is 12.2. The van der Waals surface area contributed by atoms with E-state index in [1.165, 1.54) is 0 Å². The van der Waals surface area contributed by atoms with Crippen LogP contribution in [-0.4, -0.2) is 13.2 Å². The van der Waals surface area contributed by atoms with E-state index < -0.39 is 0 Å². The summed E-state index contributed by atoms with van der Waals surface area (Å²) < 4.78 is 17.2. The summed E-state index contributed by atoms with van der Waals surface area (Å²) in [5.41, 5.74) is 3.91. The summed E-state index contributed by atoms with van der Waals surface area (Å²) in [5, 5.41) is 0.881. The topological polar surface area (TPSA) is 48.7 Å². The maximum absolute atomic E-state index is 12.2. The van der Waals surface area contributed by atoms with Gasteiger partial charge in [0, 0.05) is 17.7 Å². The van der Waals surface area contributed by atoms with Gasteiger partial charge in [0.15, 0.2) is 0 Å². The third kappa shape index (κ3) is 3.23. The second-order valence-corrected chi connectivity index (χ2v) is 6.49. The Labute approximate surface area is 141 Å². The molecule has 0 saturated heterocycles. The van der Waals surface area contributed by atoms with Crippen molar-refractivity contribution >= 4 is 11.0 Å². The Bertz CT molecular complexity index is 873. The lowest BCUT2D eigenvalue weighted by Crippen LogP contribution is -2.08. The monoisotopic (exact) mass is 326 g/mol. The van der Waals surface area contributed by atoms with Crippen molar-refractivity contribution in [3.05, 3.63) is 58.0 Å². The van der Waals surface area contributed by atoms with Crippen LogP contribution in [0.15, 0.2) is 45.6 Å². The van der Waals surface area contributed by atoms with Crippen molar-refractivity contribution in [2.24, 2.45) is 0 Å². The minimum atomic E-state index is -0.252. The van der Waals surface area contributed by atoms with Crippen molar-refractivity contribution in [3.63, 3.8) is 0 Å². The molecule has 1 aromatic carbocycles. The van der Waals surface area contributed by atoms with Crippen LogP contribution in [0.2, 0.25) is 0 Å². The zero-order valence-corrected chi connectivity index (χ0v) is 14.2. The summed E-state index contributed by atoms with van der Waals surface area (Å²) in [6, 6.07) is 3.61. The Morgan fingerprint density at radius 1 is 1.08 bits per heavy atom. The number of hydrogen-bond acceptors (Lipinski definition) is 4. The molecular formula is C20H22O4. The largest absolute Gasteiger partial charge is 0.489 e. The molecule has 4 nitrogen and oxygen atoms in total. The van der Waals surface area contributed by atoms with Crippen LogP contribution in [0.3, 0.4) is 0 Å². The lowest BCUT2D eigenvalue weighted by Gasteiger charge is -2.14. The minimum absolute atomic E-state index is 0.252. The predicted octanol–water partition coefficient (Wildman–Crippen LogP) is 4.19. The standard InChI is InChI=1S/C20H22O4/c1-12(2)10-22-14-8-17(23-11-13(3)4)19-15-6-5-7-16(15)20(21)24-18(19)9-14/h8-9H,1,3,5-7,10-11H2,2,4H3. The van der Waals surface area contributed by atoms with Gasteiger partial charge in [-0.25, -0.2) is 4.79 Å². The summed E-state index contributed by atoms with van der Waals surface area (Å²) in [6.45, 7) is 12.3. The van der Waals surface area contributed by atoms with Crippen LogP contribution in [0.4, 0.5) is 0 Å². The van der Waals surface area contributed by atoms with Gasteiger partial charge in [0.25, 0.3) is 0 Å². The van der Waals surface area contributed by atoms with E-state index in [4.69, 9.17) is 13.9 Å². The molecule has 1 aromatic heterocycles. The molecule has 4 heteroatoms. The molecule has 2 aromatic rings. The first-order chi connectivity index (χ1) is 11.5. The normalized spacial score (nSPS) is 12.9. The number of fused-ring (bicyclic) bond motifs is 3. The Hall–Kier alpha value is -2.49. The third-order valence-corrected chi connectivity index (χ3v) is 3.97. The van der Waals surface area contributed by atoms with E-state index >= 15 is 0 Å². The van der Waals surface area contributed by atoms with Crippen molar-refractivity contribution in [3.8, 4) is 11.5 Å². The highest BCUT2D eigenvalue weighted by Crippen LogP contribution is 2.37. The molecule has 0 radical (unpaired) electrons.